The summed E-state index contributed by atoms with van der Waals surface area (Å²) >= 11 is 0. The zero-order chi connectivity index (χ0) is 12.8. The molecule has 1 heterocycles. The third-order valence-corrected chi connectivity index (χ3v) is 2.40. The molecule has 0 aliphatic carbocycles. The number of nitrogens with zero attached hydrogens (tertiary/aromatic N) is 2. The first-order valence-corrected chi connectivity index (χ1v) is 6.06. The molecule has 0 bridgehead atoms. The van der Waals surface area contributed by atoms with Gasteiger partial charge in [0, 0.05) is 12.2 Å². The van der Waals surface area contributed by atoms with E-state index < -0.39 is 0 Å². The SMILES string of the molecule is CCNCc1cc(C)nc(Oc2ccccc2)n1. The van der Waals surface area contributed by atoms with Crippen molar-refractivity contribution in [3.8, 4) is 11.8 Å². The second kappa shape index (κ2) is 6.12. The van der Waals surface area contributed by atoms with E-state index >= 15 is 0 Å². The molecular formula is C14H17N3O. The Morgan fingerprint density at radius 2 is 1.94 bits per heavy atom. The van der Waals surface area contributed by atoms with Gasteiger partial charge in [0.25, 0.3) is 0 Å². The summed E-state index contributed by atoms with van der Waals surface area (Å²) in [6.07, 6.45) is 0. The summed E-state index contributed by atoms with van der Waals surface area (Å²) in [6, 6.07) is 11.9. The quantitative estimate of drug-likeness (QED) is 0.877. The van der Waals surface area contributed by atoms with Crippen molar-refractivity contribution in [1.82, 2.24) is 15.3 Å². The van der Waals surface area contributed by atoms with E-state index in [1.54, 1.807) is 0 Å². The number of aromatic nitrogens is 2. The van der Waals surface area contributed by atoms with E-state index in [1.807, 2.05) is 43.3 Å². The Balaban J connectivity index is 2.15. The van der Waals surface area contributed by atoms with E-state index in [0.717, 1.165) is 30.2 Å². The minimum atomic E-state index is 0.397. The van der Waals surface area contributed by atoms with Crippen LogP contribution in [0.15, 0.2) is 36.4 Å². The topological polar surface area (TPSA) is 47.0 Å². The number of benzene rings is 1. The van der Waals surface area contributed by atoms with Crippen LogP contribution in [-0.4, -0.2) is 16.5 Å². The van der Waals surface area contributed by atoms with Gasteiger partial charge < -0.3 is 10.1 Å². The molecule has 0 radical (unpaired) electrons. The van der Waals surface area contributed by atoms with Gasteiger partial charge >= 0.3 is 6.01 Å². The van der Waals surface area contributed by atoms with Gasteiger partial charge in [-0.15, -0.1) is 0 Å². The third kappa shape index (κ3) is 3.53. The molecule has 1 aromatic carbocycles. The lowest BCUT2D eigenvalue weighted by Gasteiger charge is -2.07. The summed E-state index contributed by atoms with van der Waals surface area (Å²) in [5, 5.41) is 3.24. The standard InChI is InChI=1S/C14H17N3O/c1-3-15-10-12-9-11(2)16-14(17-12)18-13-7-5-4-6-8-13/h4-9,15H,3,10H2,1-2H3. The third-order valence-electron chi connectivity index (χ3n) is 2.40. The van der Waals surface area contributed by atoms with Crippen LogP contribution >= 0.6 is 0 Å². The van der Waals surface area contributed by atoms with Gasteiger partial charge in [-0.1, -0.05) is 25.1 Å². The first kappa shape index (κ1) is 12.5. The number of rotatable bonds is 5. The van der Waals surface area contributed by atoms with Crippen molar-refractivity contribution >= 4 is 0 Å². The highest BCUT2D eigenvalue weighted by atomic mass is 16.5. The number of aryl methyl sites for hydroxylation is 1. The van der Waals surface area contributed by atoms with E-state index in [4.69, 9.17) is 4.74 Å². The van der Waals surface area contributed by atoms with Crippen molar-refractivity contribution in [3.05, 3.63) is 47.8 Å². The maximum Gasteiger partial charge on any atom is 0.322 e. The highest BCUT2D eigenvalue weighted by Gasteiger charge is 2.04. The van der Waals surface area contributed by atoms with Gasteiger partial charge in [-0.2, -0.15) is 4.98 Å². The van der Waals surface area contributed by atoms with Gasteiger partial charge in [0.15, 0.2) is 0 Å². The highest BCUT2D eigenvalue weighted by molar-refractivity contribution is 5.25. The Morgan fingerprint density at radius 3 is 2.67 bits per heavy atom. The molecule has 0 atom stereocenters. The molecule has 0 unspecified atom stereocenters. The molecule has 4 nitrogen and oxygen atoms in total. The second-order valence-electron chi connectivity index (χ2n) is 3.98. The van der Waals surface area contributed by atoms with Crippen LogP contribution in [0.3, 0.4) is 0 Å². The van der Waals surface area contributed by atoms with Gasteiger partial charge in [0.2, 0.25) is 0 Å². The Bertz CT molecular complexity index is 500. The summed E-state index contributed by atoms with van der Waals surface area (Å²) in [6.45, 7) is 5.65. The molecule has 0 spiro atoms. The molecule has 0 aliphatic rings. The van der Waals surface area contributed by atoms with E-state index in [9.17, 15) is 0 Å². The minimum absolute atomic E-state index is 0.397. The lowest BCUT2D eigenvalue weighted by Crippen LogP contribution is -2.13. The molecule has 0 saturated heterocycles. The summed E-state index contributed by atoms with van der Waals surface area (Å²) < 4.78 is 5.63. The molecule has 1 N–H and O–H groups in total. The molecule has 2 aromatic rings. The van der Waals surface area contributed by atoms with Gasteiger partial charge in [-0.05, 0) is 31.7 Å². The molecule has 0 aliphatic heterocycles. The van der Waals surface area contributed by atoms with Crippen LogP contribution in [0.2, 0.25) is 0 Å². The predicted octanol–water partition coefficient (Wildman–Crippen LogP) is 2.69. The molecule has 4 heteroatoms. The summed E-state index contributed by atoms with van der Waals surface area (Å²) in [7, 11) is 0. The van der Waals surface area contributed by atoms with Crippen LogP contribution in [-0.2, 0) is 6.54 Å². The van der Waals surface area contributed by atoms with Crippen LogP contribution in [0.1, 0.15) is 18.3 Å². The number of nitrogens with one attached hydrogen (secondary N) is 1. The van der Waals surface area contributed by atoms with E-state index in [0.29, 0.717) is 6.01 Å². The summed E-state index contributed by atoms with van der Waals surface area (Å²) in [4.78, 5) is 8.65. The molecule has 0 saturated carbocycles. The van der Waals surface area contributed by atoms with Gasteiger partial charge in [-0.3, -0.25) is 0 Å². The maximum atomic E-state index is 5.63. The smallest absolute Gasteiger partial charge is 0.322 e. The number of ether oxygens (including phenoxy) is 1. The molecule has 1 aromatic heterocycles. The monoisotopic (exact) mass is 243 g/mol. The fourth-order valence-corrected chi connectivity index (χ4v) is 1.59. The molecule has 2 rings (SSSR count). The van der Waals surface area contributed by atoms with E-state index in [-0.39, 0.29) is 0 Å². The zero-order valence-corrected chi connectivity index (χ0v) is 10.7. The first-order valence-electron chi connectivity index (χ1n) is 6.06. The van der Waals surface area contributed by atoms with Gasteiger partial charge in [0.05, 0.1) is 5.69 Å². The predicted molar refractivity (Wildman–Crippen MR) is 70.7 cm³/mol. The average Bonchev–Trinajstić information content (AvgIpc) is 2.37. The van der Waals surface area contributed by atoms with Crippen molar-refractivity contribution < 1.29 is 4.74 Å². The molecule has 0 amide bonds. The number of hydrogen-bond donors (Lipinski definition) is 1. The fraction of sp³-hybridized carbons (Fsp3) is 0.286. The van der Waals surface area contributed by atoms with Crippen LogP contribution in [0.4, 0.5) is 0 Å². The molecule has 94 valence electrons. The first-order chi connectivity index (χ1) is 8.78. The van der Waals surface area contributed by atoms with Crippen LogP contribution in [0.25, 0.3) is 0 Å². The van der Waals surface area contributed by atoms with Gasteiger partial charge in [0.1, 0.15) is 5.75 Å². The van der Waals surface area contributed by atoms with Crippen LogP contribution in [0.5, 0.6) is 11.8 Å². The lowest BCUT2D eigenvalue weighted by molar-refractivity contribution is 0.437. The average molecular weight is 243 g/mol. The molecular weight excluding hydrogens is 226 g/mol. The Morgan fingerprint density at radius 1 is 1.17 bits per heavy atom. The minimum Gasteiger partial charge on any atom is -0.424 e. The summed E-state index contributed by atoms with van der Waals surface area (Å²) in [5.74, 6) is 0.748. The second-order valence-corrected chi connectivity index (χ2v) is 3.98. The van der Waals surface area contributed by atoms with Crippen molar-refractivity contribution in [1.29, 1.82) is 0 Å². The van der Waals surface area contributed by atoms with Gasteiger partial charge in [-0.25, -0.2) is 4.98 Å². The highest BCUT2D eigenvalue weighted by Crippen LogP contribution is 2.17. The lowest BCUT2D eigenvalue weighted by atomic mass is 10.3. The summed E-state index contributed by atoms with van der Waals surface area (Å²) in [5.41, 5.74) is 1.85. The Hall–Kier alpha value is -1.94. The van der Waals surface area contributed by atoms with Crippen LogP contribution in [0, 0.1) is 6.92 Å². The van der Waals surface area contributed by atoms with E-state index in [2.05, 4.69) is 22.2 Å². The fourth-order valence-electron chi connectivity index (χ4n) is 1.59. The Kier molecular flexibility index (Phi) is 4.25. The van der Waals surface area contributed by atoms with Crippen molar-refractivity contribution in [2.75, 3.05) is 6.54 Å². The molecule has 18 heavy (non-hydrogen) atoms. The van der Waals surface area contributed by atoms with Crippen molar-refractivity contribution in [2.24, 2.45) is 0 Å². The van der Waals surface area contributed by atoms with E-state index in [1.165, 1.54) is 0 Å². The maximum absolute atomic E-state index is 5.63. The van der Waals surface area contributed by atoms with Crippen molar-refractivity contribution in [3.63, 3.8) is 0 Å². The normalized spacial score (nSPS) is 10.3. The number of hydrogen-bond acceptors (Lipinski definition) is 4. The Labute approximate surface area is 107 Å². The number of para-hydroxylation sites is 1. The zero-order valence-electron chi connectivity index (χ0n) is 10.7. The van der Waals surface area contributed by atoms with Crippen LogP contribution < -0.4 is 10.1 Å². The largest absolute Gasteiger partial charge is 0.424 e. The molecule has 0 fully saturated rings. The van der Waals surface area contributed by atoms with Crippen molar-refractivity contribution in [2.45, 2.75) is 20.4 Å².